The first-order valence-electron chi connectivity index (χ1n) is 10.2. The second-order valence-corrected chi connectivity index (χ2v) is 11.2. The third-order valence-electron chi connectivity index (χ3n) is 5.31. The lowest BCUT2D eigenvalue weighted by Gasteiger charge is -2.23. The smallest absolute Gasteiger partial charge is 0.279 e. The van der Waals surface area contributed by atoms with E-state index in [2.05, 4.69) is 9.82 Å². The zero-order valence-corrected chi connectivity index (χ0v) is 19.4. The number of nitrogens with zero attached hydrogens (tertiary/aromatic N) is 2. The Morgan fingerprint density at radius 3 is 2.27 bits per heavy atom. The third kappa shape index (κ3) is 4.62. The molecule has 33 heavy (non-hydrogen) atoms. The van der Waals surface area contributed by atoms with E-state index >= 15 is 0 Å². The molecule has 0 unspecified atom stereocenters. The third-order valence-corrected chi connectivity index (χ3v) is 8.30. The maximum absolute atomic E-state index is 14.7. The number of hydrazone groups is 1. The van der Waals surface area contributed by atoms with Gasteiger partial charge in [-0.05, 0) is 31.2 Å². The maximum Gasteiger partial charge on any atom is 0.279 e. The number of benzene rings is 3. The standard InChI is InChI=1S/C23H22FN3O4S2/c1-2-32(28,29)26-21-15-9-7-13-19(21)22-16-23(18-12-6-8-14-20(18)24)27(25-22)33(30,31)17-10-4-3-5-11-17/h3-15,23,26H,2,16H2,1H3/t23-/m1/s1. The van der Waals surface area contributed by atoms with E-state index in [-0.39, 0.29) is 28.3 Å². The molecule has 0 bridgehead atoms. The van der Waals surface area contributed by atoms with Crippen LogP contribution >= 0.6 is 0 Å². The monoisotopic (exact) mass is 487 g/mol. The Labute approximate surface area is 192 Å². The zero-order chi connectivity index (χ0) is 23.6. The van der Waals surface area contributed by atoms with Crippen molar-refractivity contribution in [2.75, 3.05) is 10.5 Å². The highest BCUT2D eigenvalue weighted by molar-refractivity contribution is 7.92. The highest BCUT2D eigenvalue weighted by atomic mass is 32.2. The van der Waals surface area contributed by atoms with Crippen molar-refractivity contribution in [2.45, 2.75) is 24.3 Å². The van der Waals surface area contributed by atoms with Crippen molar-refractivity contribution in [3.63, 3.8) is 0 Å². The predicted octanol–water partition coefficient (Wildman–Crippen LogP) is 4.13. The van der Waals surface area contributed by atoms with Gasteiger partial charge in [0.25, 0.3) is 10.0 Å². The van der Waals surface area contributed by atoms with Gasteiger partial charge in [0.1, 0.15) is 5.82 Å². The molecule has 7 nitrogen and oxygen atoms in total. The second-order valence-electron chi connectivity index (χ2n) is 7.43. The molecule has 0 radical (unpaired) electrons. The van der Waals surface area contributed by atoms with E-state index in [9.17, 15) is 21.2 Å². The molecule has 0 aromatic heterocycles. The minimum absolute atomic E-state index is 0.0244. The first kappa shape index (κ1) is 22.9. The number of halogens is 1. The normalized spacial score (nSPS) is 16.5. The molecule has 4 rings (SSSR count). The number of hydrogen-bond acceptors (Lipinski definition) is 5. The summed E-state index contributed by atoms with van der Waals surface area (Å²) in [5.41, 5.74) is 1.23. The van der Waals surface area contributed by atoms with Gasteiger partial charge >= 0.3 is 0 Å². The summed E-state index contributed by atoms with van der Waals surface area (Å²) in [6.07, 6.45) is 0.0673. The van der Waals surface area contributed by atoms with Crippen LogP contribution in [0.15, 0.2) is 88.9 Å². The summed E-state index contributed by atoms with van der Waals surface area (Å²) in [7, 11) is -7.68. The van der Waals surface area contributed by atoms with Gasteiger partial charge < -0.3 is 0 Å². The molecule has 1 aliphatic rings. The van der Waals surface area contributed by atoms with E-state index in [4.69, 9.17) is 0 Å². The van der Waals surface area contributed by atoms with Gasteiger partial charge in [-0.2, -0.15) is 17.9 Å². The van der Waals surface area contributed by atoms with Crippen LogP contribution in [-0.4, -0.2) is 32.7 Å². The molecular weight excluding hydrogens is 465 g/mol. The molecule has 0 spiro atoms. The Hall–Kier alpha value is -3.24. The summed E-state index contributed by atoms with van der Waals surface area (Å²) in [5.74, 6) is -0.674. The molecule has 0 saturated carbocycles. The SMILES string of the molecule is CCS(=O)(=O)Nc1ccccc1C1=NN(S(=O)(=O)c2ccccc2)[C@@H](c2ccccc2F)C1. The zero-order valence-electron chi connectivity index (χ0n) is 17.7. The number of sulfonamides is 2. The van der Waals surface area contributed by atoms with Crippen molar-refractivity contribution < 1.29 is 21.2 Å². The van der Waals surface area contributed by atoms with Gasteiger partial charge in [0.2, 0.25) is 10.0 Å². The van der Waals surface area contributed by atoms with E-state index in [1.807, 2.05) is 0 Å². The van der Waals surface area contributed by atoms with Crippen LogP contribution < -0.4 is 4.72 Å². The fourth-order valence-electron chi connectivity index (χ4n) is 3.61. The summed E-state index contributed by atoms with van der Waals surface area (Å²) in [5, 5.41) is 4.38. The minimum Gasteiger partial charge on any atom is -0.283 e. The van der Waals surface area contributed by atoms with Crippen molar-refractivity contribution in [2.24, 2.45) is 5.10 Å². The number of para-hydroxylation sites is 1. The van der Waals surface area contributed by atoms with Crippen molar-refractivity contribution in [1.82, 2.24) is 4.41 Å². The van der Waals surface area contributed by atoms with Gasteiger partial charge in [-0.1, -0.05) is 54.6 Å². The molecule has 0 fully saturated rings. The fourth-order valence-corrected chi connectivity index (χ4v) is 5.72. The lowest BCUT2D eigenvalue weighted by atomic mass is 9.98. The molecular formula is C23H22FN3O4S2. The molecule has 172 valence electrons. The van der Waals surface area contributed by atoms with Crippen LogP contribution in [0.5, 0.6) is 0 Å². The summed E-state index contributed by atoms with van der Waals surface area (Å²) in [4.78, 5) is 0.0244. The second kappa shape index (κ2) is 8.95. The lowest BCUT2D eigenvalue weighted by molar-refractivity contribution is 0.362. The van der Waals surface area contributed by atoms with E-state index < -0.39 is 31.9 Å². The molecule has 3 aromatic rings. The molecule has 3 aromatic carbocycles. The summed E-state index contributed by atoms with van der Waals surface area (Å²) in [6.45, 7) is 1.51. The number of hydrogen-bond donors (Lipinski definition) is 1. The number of nitrogens with one attached hydrogen (secondary N) is 1. The van der Waals surface area contributed by atoms with E-state index in [1.165, 1.54) is 37.3 Å². The Balaban J connectivity index is 1.84. The number of rotatable bonds is 7. The average molecular weight is 488 g/mol. The fraction of sp³-hybridized carbons (Fsp3) is 0.174. The van der Waals surface area contributed by atoms with Gasteiger partial charge in [-0.3, -0.25) is 4.72 Å². The molecule has 1 heterocycles. The molecule has 1 aliphatic heterocycles. The van der Waals surface area contributed by atoms with Crippen molar-refractivity contribution >= 4 is 31.4 Å². The largest absolute Gasteiger partial charge is 0.283 e. The van der Waals surface area contributed by atoms with Crippen molar-refractivity contribution in [1.29, 1.82) is 0 Å². The van der Waals surface area contributed by atoms with Crippen LogP contribution in [0.1, 0.15) is 30.5 Å². The van der Waals surface area contributed by atoms with Crippen LogP contribution in [0.2, 0.25) is 0 Å². The molecule has 0 aliphatic carbocycles. The Morgan fingerprint density at radius 2 is 1.58 bits per heavy atom. The maximum atomic E-state index is 14.7. The lowest BCUT2D eigenvalue weighted by Crippen LogP contribution is -2.27. The molecule has 1 N–H and O–H groups in total. The van der Waals surface area contributed by atoms with Gasteiger partial charge in [-0.25, -0.2) is 12.8 Å². The van der Waals surface area contributed by atoms with Crippen LogP contribution in [-0.2, 0) is 20.0 Å². The van der Waals surface area contributed by atoms with Crippen LogP contribution in [0, 0.1) is 5.82 Å². The Kier molecular flexibility index (Phi) is 6.22. The van der Waals surface area contributed by atoms with E-state index in [0.717, 1.165) is 4.41 Å². The Morgan fingerprint density at radius 1 is 0.939 bits per heavy atom. The summed E-state index contributed by atoms with van der Waals surface area (Å²) < 4.78 is 69.4. The quantitative estimate of drug-likeness (QED) is 0.542. The molecule has 10 heteroatoms. The summed E-state index contributed by atoms with van der Waals surface area (Å²) in [6, 6.07) is 19.4. The van der Waals surface area contributed by atoms with Gasteiger partial charge in [0.15, 0.2) is 0 Å². The average Bonchev–Trinajstić information content (AvgIpc) is 3.26. The van der Waals surface area contributed by atoms with Crippen molar-refractivity contribution in [3.05, 3.63) is 95.8 Å². The molecule has 0 amide bonds. The van der Waals surface area contributed by atoms with E-state index in [1.54, 1.807) is 48.5 Å². The van der Waals surface area contributed by atoms with Crippen LogP contribution in [0.25, 0.3) is 0 Å². The Bertz CT molecular complexity index is 1410. The van der Waals surface area contributed by atoms with Gasteiger partial charge in [0, 0.05) is 17.5 Å². The van der Waals surface area contributed by atoms with Crippen molar-refractivity contribution in [3.8, 4) is 0 Å². The first-order chi connectivity index (χ1) is 15.7. The van der Waals surface area contributed by atoms with Crippen LogP contribution in [0.3, 0.4) is 0 Å². The number of anilines is 1. The topological polar surface area (TPSA) is 95.9 Å². The first-order valence-corrected chi connectivity index (χ1v) is 13.3. The molecule has 0 saturated heterocycles. The minimum atomic E-state index is -4.11. The highest BCUT2D eigenvalue weighted by Gasteiger charge is 2.39. The predicted molar refractivity (Wildman–Crippen MR) is 125 cm³/mol. The van der Waals surface area contributed by atoms with Crippen LogP contribution in [0.4, 0.5) is 10.1 Å². The van der Waals surface area contributed by atoms with E-state index in [0.29, 0.717) is 11.3 Å². The van der Waals surface area contributed by atoms with Gasteiger partial charge in [-0.15, -0.1) is 0 Å². The van der Waals surface area contributed by atoms with Gasteiger partial charge in [0.05, 0.1) is 28.1 Å². The highest BCUT2D eigenvalue weighted by Crippen LogP contribution is 2.39. The summed E-state index contributed by atoms with van der Waals surface area (Å²) >= 11 is 0. The molecule has 1 atom stereocenters.